The van der Waals surface area contributed by atoms with Crippen LogP contribution in [0.5, 0.6) is 17.2 Å². The summed E-state index contributed by atoms with van der Waals surface area (Å²) < 4.78 is 30.7. The van der Waals surface area contributed by atoms with E-state index in [1.165, 1.54) is 30.3 Å². The number of nitrogens with zero attached hydrogens (tertiary/aromatic N) is 2. The van der Waals surface area contributed by atoms with Crippen LogP contribution >= 0.6 is 0 Å². The minimum atomic E-state index is -2.24. The molecule has 5 rings (SSSR count). The number of amides is 4. The number of benzene rings is 3. The molecular weight excluding hydrogens is 527 g/mol. The normalized spacial score (nSPS) is 14.3. The summed E-state index contributed by atoms with van der Waals surface area (Å²) >= 11 is 0. The first-order valence-corrected chi connectivity index (χ1v) is 11.8. The summed E-state index contributed by atoms with van der Waals surface area (Å²) in [5, 5.41) is 16.7. The molecule has 0 unspecified atom stereocenters. The maximum absolute atomic E-state index is 14.0. The highest BCUT2D eigenvalue weighted by molar-refractivity contribution is 6.22. The molecule has 4 amide bonds. The van der Waals surface area contributed by atoms with E-state index in [-0.39, 0.29) is 23.0 Å². The topological polar surface area (TPSA) is 170 Å². The molecule has 3 aromatic carbocycles. The van der Waals surface area contributed by atoms with Gasteiger partial charge in [0.25, 0.3) is 23.3 Å². The molecule has 13 heteroatoms. The van der Waals surface area contributed by atoms with E-state index in [9.17, 15) is 23.6 Å². The summed E-state index contributed by atoms with van der Waals surface area (Å²) in [7, 11) is 0. The summed E-state index contributed by atoms with van der Waals surface area (Å²) in [6.45, 7) is 0. The van der Waals surface area contributed by atoms with E-state index in [4.69, 9.17) is 19.1 Å². The third-order valence-electron chi connectivity index (χ3n) is 5.87. The van der Waals surface area contributed by atoms with Crippen LogP contribution in [0.1, 0.15) is 12.8 Å². The molecule has 2 heterocycles. The number of hydrogen-bond donors (Lipinski definition) is 3. The number of carbonyl (C=O) groups is 4. The number of carbonyl (C=O) groups excluding carboxylic acids is 3. The number of urea groups is 1. The van der Waals surface area contributed by atoms with Crippen molar-refractivity contribution < 1.29 is 42.7 Å². The van der Waals surface area contributed by atoms with E-state index in [0.29, 0.717) is 17.1 Å². The number of aromatic nitrogens is 2. The molecule has 0 atom stereocenters. The molecular formula is C27H19FN4O8. The minimum Gasteiger partial charge on any atom is -0.481 e. The second kappa shape index (κ2) is 10.6. The first-order valence-electron chi connectivity index (χ1n) is 11.8. The van der Waals surface area contributed by atoms with Gasteiger partial charge >= 0.3 is 12.0 Å². The summed E-state index contributed by atoms with van der Waals surface area (Å²) in [5.41, 5.74) is -1.44. The average Bonchev–Trinajstić information content (AvgIpc) is 3.42. The number of halogens is 1. The lowest BCUT2D eigenvalue weighted by Gasteiger charge is -2.33. The molecule has 4 aromatic rings. The number of hydrogen-bond acceptors (Lipinski definition) is 9. The number of barbiturate groups is 1. The van der Waals surface area contributed by atoms with E-state index in [1.807, 2.05) is 10.6 Å². The fraction of sp³-hybridized carbons (Fsp3) is 0.111. The molecule has 0 radical (unpaired) electrons. The van der Waals surface area contributed by atoms with Gasteiger partial charge in [-0.05, 0) is 60.7 Å². The van der Waals surface area contributed by atoms with E-state index in [1.54, 1.807) is 42.5 Å². The number of nitrogens with one attached hydrogen (secondary N) is 2. The molecule has 1 aromatic heterocycles. The Hall–Kier alpha value is -5.59. The van der Waals surface area contributed by atoms with Gasteiger partial charge in [-0.3, -0.25) is 25.0 Å². The molecule has 0 bridgehead atoms. The molecule has 12 nitrogen and oxygen atoms in total. The van der Waals surface area contributed by atoms with E-state index in [2.05, 4.69) is 10.1 Å². The second-order valence-electron chi connectivity index (χ2n) is 8.56. The van der Waals surface area contributed by atoms with Gasteiger partial charge in [-0.2, -0.15) is 4.98 Å². The SMILES string of the molecule is O=C(O)CCC1(Oc2ccc(Oc3ccc(-c4nc(-c5ccccc5F)no4)cc3)cc2)C(=O)NC(=O)NC1=O. The minimum absolute atomic E-state index is 0.0646. The van der Waals surface area contributed by atoms with Crippen molar-refractivity contribution in [1.29, 1.82) is 0 Å². The van der Waals surface area contributed by atoms with Crippen LogP contribution in [0.3, 0.4) is 0 Å². The van der Waals surface area contributed by atoms with Crippen molar-refractivity contribution >= 4 is 23.8 Å². The highest BCUT2D eigenvalue weighted by atomic mass is 19.1. The van der Waals surface area contributed by atoms with Crippen molar-refractivity contribution in [3.63, 3.8) is 0 Å². The van der Waals surface area contributed by atoms with Crippen molar-refractivity contribution in [1.82, 2.24) is 20.8 Å². The average molecular weight is 546 g/mol. The molecule has 3 N–H and O–H groups in total. The van der Waals surface area contributed by atoms with Gasteiger partial charge in [0.15, 0.2) is 0 Å². The molecule has 0 saturated carbocycles. The van der Waals surface area contributed by atoms with E-state index >= 15 is 0 Å². The third kappa shape index (κ3) is 5.34. The third-order valence-corrected chi connectivity index (χ3v) is 5.87. The monoisotopic (exact) mass is 546 g/mol. The van der Waals surface area contributed by atoms with Gasteiger partial charge in [0, 0.05) is 12.0 Å². The molecule has 0 aliphatic carbocycles. The Morgan fingerprint density at radius 2 is 1.50 bits per heavy atom. The van der Waals surface area contributed by atoms with Crippen molar-refractivity contribution in [3.05, 3.63) is 78.6 Å². The Morgan fingerprint density at radius 3 is 2.12 bits per heavy atom. The van der Waals surface area contributed by atoms with Crippen LogP contribution in [0.4, 0.5) is 9.18 Å². The molecule has 1 fully saturated rings. The van der Waals surface area contributed by atoms with E-state index in [0.717, 1.165) is 0 Å². The number of ether oxygens (including phenoxy) is 2. The lowest BCUT2D eigenvalue weighted by molar-refractivity contribution is -0.153. The maximum atomic E-state index is 14.0. The van der Waals surface area contributed by atoms with Gasteiger partial charge in [0.1, 0.15) is 23.1 Å². The smallest absolute Gasteiger partial charge is 0.328 e. The zero-order valence-electron chi connectivity index (χ0n) is 20.4. The quantitative estimate of drug-likeness (QED) is 0.263. The number of carboxylic acid groups (broad SMARTS) is 1. The van der Waals surface area contributed by atoms with Crippen LogP contribution in [0.15, 0.2) is 77.3 Å². The molecule has 1 aliphatic rings. The van der Waals surface area contributed by atoms with Gasteiger partial charge in [0.2, 0.25) is 5.82 Å². The number of rotatable bonds is 9. The molecule has 40 heavy (non-hydrogen) atoms. The van der Waals surface area contributed by atoms with Gasteiger partial charge in [-0.25, -0.2) is 9.18 Å². The summed E-state index contributed by atoms with van der Waals surface area (Å²) in [6.07, 6.45) is -1.06. The van der Waals surface area contributed by atoms with Crippen LogP contribution in [0.2, 0.25) is 0 Å². The number of carboxylic acids is 1. The van der Waals surface area contributed by atoms with Crippen molar-refractivity contribution in [2.45, 2.75) is 18.4 Å². The number of aliphatic carboxylic acids is 1. The van der Waals surface area contributed by atoms with Crippen LogP contribution in [0, 0.1) is 5.82 Å². The van der Waals surface area contributed by atoms with Crippen molar-refractivity contribution in [3.8, 4) is 40.1 Å². The van der Waals surface area contributed by atoms with Crippen LogP contribution in [-0.4, -0.2) is 44.7 Å². The van der Waals surface area contributed by atoms with Crippen LogP contribution in [-0.2, 0) is 14.4 Å². The predicted molar refractivity (Wildman–Crippen MR) is 134 cm³/mol. The zero-order valence-corrected chi connectivity index (χ0v) is 20.4. The van der Waals surface area contributed by atoms with Crippen molar-refractivity contribution in [2.75, 3.05) is 0 Å². The fourth-order valence-corrected chi connectivity index (χ4v) is 3.87. The highest BCUT2D eigenvalue weighted by Crippen LogP contribution is 2.30. The standard InChI is InChI=1S/C27H19FN4O8/c28-20-4-2-1-3-19(20)22-29-23(40-32-22)15-5-7-16(8-6-15)38-17-9-11-18(12-10-17)39-27(14-13-21(33)34)24(35)30-26(37)31-25(27)36/h1-12H,13-14H2,(H,33,34)(H2,30,31,35,36,37). The van der Waals surface area contributed by atoms with Crippen molar-refractivity contribution in [2.24, 2.45) is 0 Å². The zero-order chi connectivity index (χ0) is 28.3. The first kappa shape index (κ1) is 26.0. The summed E-state index contributed by atoms with van der Waals surface area (Å²) in [4.78, 5) is 51.8. The fourth-order valence-electron chi connectivity index (χ4n) is 3.87. The Kier molecular flexibility index (Phi) is 6.93. The lowest BCUT2D eigenvalue weighted by atomic mass is 9.93. The Labute approximate surface area is 224 Å². The second-order valence-corrected chi connectivity index (χ2v) is 8.56. The van der Waals surface area contributed by atoms with Gasteiger partial charge < -0.3 is 19.1 Å². The molecule has 202 valence electrons. The maximum Gasteiger partial charge on any atom is 0.328 e. The summed E-state index contributed by atoms with van der Waals surface area (Å²) in [5.74, 6) is -2.63. The molecule has 0 spiro atoms. The largest absolute Gasteiger partial charge is 0.481 e. The number of imide groups is 2. The molecule has 1 saturated heterocycles. The van der Waals surface area contributed by atoms with Gasteiger partial charge in [-0.1, -0.05) is 17.3 Å². The Morgan fingerprint density at radius 1 is 0.900 bits per heavy atom. The van der Waals surface area contributed by atoms with E-state index < -0.39 is 48.1 Å². The first-order chi connectivity index (χ1) is 19.2. The van der Waals surface area contributed by atoms with Crippen LogP contribution < -0.4 is 20.1 Å². The van der Waals surface area contributed by atoms with Gasteiger partial charge in [0.05, 0.1) is 12.0 Å². The van der Waals surface area contributed by atoms with Crippen LogP contribution in [0.25, 0.3) is 22.8 Å². The summed E-state index contributed by atoms with van der Waals surface area (Å²) in [6, 6.07) is 17.6. The molecule has 1 aliphatic heterocycles. The highest BCUT2D eigenvalue weighted by Gasteiger charge is 2.53. The predicted octanol–water partition coefficient (Wildman–Crippen LogP) is 3.68. The Bertz CT molecular complexity index is 1580. The van der Waals surface area contributed by atoms with Gasteiger partial charge in [-0.15, -0.1) is 0 Å². The lowest BCUT2D eigenvalue weighted by Crippen LogP contribution is -2.69. The Balaban J connectivity index is 1.27.